The van der Waals surface area contributed by atoms with Crippen molar-refractivity contribution >= 4 is 11.6 Å². The van der Waals surface area contributed by atoms with E-state index in [-0.39, 0.29) is 17.5 Å². The minimum absolute atomic E-state index is 0.0932. The zero-order chi connectivity index (χ0) is 18.3. The van der Waals surface area contributed by atoms with E-state index >= 15 is 0 Å². The van der Waals surface area contributed by atoms with Gasteiger partial charge in [0, 0.05) is 17.9 Å². The summed E-state index contributed by atoms with van der Waals surface area (Å²) in [4.78, 5) is 25.6. The molecule has 0 aliphatic heterocycles. The molecule has 0 unspecified atom stereocenters. The van der Waals surface area contributed by atoms with Gasteiger partial charge >= 0.3 is 0 Å². The number of rotatable bonds is 10. The maximum absolute atomic E-state index is 12.9. The number of benzene rings is 1. The lowest BCUT2D eigenvalue weighted by Gasteiger charge is -2.27. The average molecular weight is 344 g/mol. The third-order valence-electron chi connectivity index (χ3n) is 5.56. The van der Waals surface area contributed by atoms with Crippen LogP contribution in [-0.2, 0) is 4.79 Å². The smallest absolute Gasteiger partial charge is 0.169 e. The van der Waals surface area contributed by atoms with Gasteiger partial charge in [-0.3, -0.25) is 9.59 Å². The van der Waals surface area contributed by atoms with Crippen molar-refractivity contribution in [3.63, 3.8) is 0 Å². The van der Waals surface area contributed by atoms with Crippen molar-refractivity contribution in [2.75, 3.05) is 0 Å². The molecule has 1 aliphatic rings. The lowest BCUT2D eigenvalue weighted by molar-refractivity contribution is -0.124. The van der Waals surface area contributed by atoms with E-state index in [9.17, 15) is 14.7 Å². The van der Waals surface area contributed by atoms with Gasteiger partial charge in [0.25, 0.3) is 0 Å². The van der Waals surface area contributed by atoms with Crippen LogP contribution in [-0.4, -0.2) is 22.3 Å². The number of hydrogen-bond acceptors (Lipinski definition) is 3. The average Bonchev–Trinajstić information content (AvgIpc) is 2.93. The Morgan fingerprint density at radius 3 is 2.40 bits per heavy atom. The lowest BCUT2D eigenvalue weighted by atomic mass is 9.78. The van der Waals surface area contributed by atoms with E-state index in [2.05, 4.69) is 6.92 Å². The van der Waals surface area contributed by atoms with Gasteiger partial charge in [-0.15, -0.1) is 0 Å². The van der Waals surface area contributed by atoms with Crippen molar-refractivity contribution in [1.82, 2.24) is 0 Å². The molecule has 1 aromatic carbocycles. The normalized spacial score (nSPS) is 25.9. The highest BCUT2D eigenvalue weighted by atomic mass is 16.3. The van der Waals surface area contributed by atoms with Crippen LogP contribution in [0.25, 0.3) is 0 Å². The molecule has 3 atom stereocenters. The molecule has 0 amide bonds. The highest BCUT2D eigenvalue weighted by Gasteiger charge is 2.50. The van der Waals surface area contributed by atoms with Crippen molar-refractivity contribution in [3.8, 4) is 0 Å². The van der Waals surface area contributed by atoms with Crippen molar-refractivity contribution < 1.29 is 14.7 Å². The Hall–Kier alpha value is -1.48. The minimum atomic E-state index is -1.09. The Morgan fingerprint density at radius 1 is 1.08 bits per heavy atom. The van der Waals surface area contributed by atoms with Crippen LogP contribution in [0.2, 0.25) is 0 Å². The van der Waals surface area contributed by atoms with E-state index in [0.717, 1.165) is 12.8 Å². The molecular weight excluding hydrogens is 312 g/mol. The lowest BCUT2D eigenvalue weighted by Crippen LogP contribution is -2.40. The molecule has 2 rings (SSSR count). The molecule has 1 fully saturated rings. The van der Waals surface area contributed by atoms with Gasteiger partial charge in [0.2, 0.25) is 0 Å². The number of Topliss-reactive ketones (excluding diaryl/α,β-unsaturated/α-hetero) is 2. The fourth-order valence-electron chi connectivity index (χ4n) is 4.06. The first-order valence-corrected chi connectivity index (χ1v) is 9.81. The number of unbranched alkanes of at least 4 members (excludes halogenated alkanes) is 5. The number of ketones is 2. The Labute approximate surface area is 151 Å². The molecule has 0 saturated heterocycles. The predicted molar refractivity (Wildman–Crippen MR) is 101 cm³/mol. The summed E-state index contributed by atoms with van der Waals surface area (Å²) >= 11 is 0. The zero-order valence-corrected chi connectivity index (χ0v) is 15.7. The number of carbonyl (C=O) groups is 2. The second-order valence-corrected chi connectivity index (χ2v) is 7.69. The van der Waals surface area contributed by atoms with Crippen LogP contribution in [0.15, 0.2) is 30.3 Å². The van der Waals surface area contributed by atoms with Crippen molar-refractivity contribution in [1.29, 1.82) is 0 Å². The Bertz CT molecular complexity index is 562. The first kappa shape index (κ1) is 19.8. The fourth-order valence-corrected chi connectivity index (χ4v) is 4.06. The van der Waals surface area contributed by atoms with Crippen LogP contribution in [0.1, 0.15) is 82.0 Å². The van der Waals surface area contributed by atoms with E-state index in [0.29, 0.717) is 24.8 Å². The van der Waals surface area contributed by atoms with Gasteiger partial charge in [0.1, 0.15) is 5.78 Å². The van der Waals surface area contributed by atoms with E-state index in [1.54, 1.807) is 19.1 Å². The van der Waals surface area contributed by atoms with Crippen molar-refractivity contribution in [2.24, 2.45) is 11.8 Å². The van der Waals surface area contributed by atoms with Gasteiger partial charge in [0.15, 0.2) is 5.78 Å². The monoisotopic (exact) mass is 344 g/mol. The molecular formula is C22H32O3. The molecule has 0 spiro atoms. The van der Waals surface area contributed by atoms with E-state index in [1.807, 2.05) is 18.2 Å². The molecule has 0 heterocycles. The van der Waals surface area contributed by atoms with E-state index < -0.39 is 11.5 Å². The van der Waals surface area contributed by atoms with Crippen LogP contribution < -0.4 is 0 Å². The van der Waals surface area contributed by atoms with Crippen LogP contribution in [0.3, 0.4) is 0 Å². The highest BCUT2D eigenvalue weighted by Crippen LogP contribution is 2.43. The van der Waals surface area contributed by atoms with Gasteiger partial charge in [-0.05, 0) is 26.2 Å². The maximum Gasteiger partial charge on any atom is 0.169 e. The summed E-state index contributed by atoms with van der Waals surface area (Å²) in [5.41, 5.74) is -0.499. The third-order valence-corrected chi connectivity index (χ3v) is 5.56. The summed E-state index contributed by atoms with van der Waals surface area (Å²) in [5, 5.41) is 10.7. The van der Waals surface area contributed by atoms with Gasteiger partial charge < -0.3 is 5.11 Å². The summed E-state index contributed by atoms with van der Waals surface area (Å²) in [6, 6.07) is 9.05. The van der Waals surface area contributed by atoms with E-state index in [1.165, 1.54) is 25.7 Å². The van der Waals surface area contributed by atoms with Crippen molar-refractivity contribution in [2.45, 2.75) is 77.2 Å². The standard InChI is InChI=1S/C22H32O3/c1-3-4-5-6-7-11-14-19(23)18-15-16-22(2,25)20(18)21(24)17-12-9-8-10-13-17/h8-10,12-13,18,20,25H,3-7,11,14-16H2,1-2H3/t18-,20+,22+/m0/s1. The van der Waals surface area contributed by atoms with Crippen LogP contribution in [0.5, 0.6) is 0 Å². The molecule has 0 aromatic heterocycles. The molecule has 25 heavy (non-hydrogen) atoms. The third kappa shape index (κ3) is 5.24. The minimum Gasteiger partial charge on any atom is -0.389 e. The molecule has 0 bridgehead atoms. The Morgan fingerprint density at radius 2 is 1.72 bits per heavy atom. The first-order valence-electron chi connectivity index (χ1n) is 9.81. The number of hydrogen-bond donors (Lipinski definition) is 1. The summed E-state index contributed by atoms with van der Waals surface area (Å²) in [6.07, 6.45) is 8.53. The number of carbonyl (C=O) groups excluding carboxylic acids is 2. The van der Waals surface area contributed by atoms with Gasteiger partial charge in [-0.25, -0.2) is 0 Å². The van der Waals surface area contributed by atoms with E-state index in [4.69, 9.17) is 0 Å². The molecule has 3 heteroatoms. The summed E-state index contributed by atoms with van der Waals surface area (Å²) in [5.74, 6) is -0.882. The zero-order valence-electron chi connectivity index (χ0n) is 15.7. The fraction of sp³-hybridized carbons (Fsp3) is 0.636. The molecule has 0 radical (unpaired) electrons. The molecule has 1 aromatic rings. The largest absolute Gasteiger partial charge is 0.389 e. The molecule has 3 nitrogen and oxygen atoms in total. The van der Waals surface area contributed by atoms with Crippen LogP contribution in [0.4, 0.5) is 0 Å². The first-order chi connectivity index (χ1) is 12.0. The van der Waals surface area contributed by atoms with Gasteiger partial charge in [-0.2, -0.15) is 0 Å². The predicted octanol–water partition coefficient (Wildman–Crippen LogP) is 4.97. The second kappa shape index (κ2) is 9.28. The van der Waals surface area contributed by atoms with Crippen LogP contribution in [0, 0.1) is 11.8 Å². The van der Waals surface area contributed by atoms with Gasteiger partial charge in [0.05, 0.1) is 11.5 Å². The van der Waals surface area contributed by atoms with Gasteiger partial charge in [-0.1, -0.05) is 69.4 Å². The SMILES string of the molecule is CCCCCCCCC(=O)[C@@H]1CC[C@@](C)(O)[C@H]1C(=O)c1ccccc1. The molecule has 1 N–H and O–H groups in total. The summed E-state index contributed by atoms with van der Waals surface area (Å²) in [7, 11) is 0. The second-order valence-electron chi connectivity index (χ2n) is 7.69. The Kier molecular flexibility index (Phi) is 7.37. The molecule has 1 aliphatic carbocycles. The molecule has 138 valence electrons. The Balaban J connectivity index is 1.96. The highest BCUT2D eigenvalue weighted by molar-refractivity contribution is 6.01. The summed E-state index contributed by atoms with van der Waals surface area (Å²) in [6.45, 7) is 3.90. The maximum atomic E-state index is 12.9. The van der Waals surface area contributed by atoms with Crippen molar-refractivity contribution in [3.05, 3.63) is 35.9 Å². The number of aliphatic hydroxyl groups is 1. The topological polar surface area (TPSA) is 54.4 Å². The quantitative estimate of drug-likeness (QED) is 0.482. The summed E-state index contributed by atoms with van der Waals surface area (Å²) < 4.78 is 0. The molecule has 1 saturated carbocycles. The van der Waals surface area contributed by atoms with Crippen LogP contribution >= 0.6 is 0 Å².